The number of ether oxygens (including phenoxy) is 1. The van der Waals surface area contributed by atoms with Gasteiger partial charge in [-0.05, 0) is 84.5 Å². The van der Waals surface area contributed by atoms with Gasteiger partial charge >= 0.3 is 6.09 Å². The van der Waals surface area contributed by atoms with E-state index in [1.165, 1.54) is 12.8 Å². The lowest BCUT2D eigenvalue weighted by Crippen LogP contribution is -2.46. The number of nitrogens with zero attached hydrogens (tertiary/aromatic N) is 3. The number of hydrogen-bond donors (Lipinski definition) is 1. The van der Waals surface area contributed by atoms with Gasteiger partial charge in [-0.25, -0.2) is 4.79 Å². The fourth-order valence-corrected chi connectivity index (χ4v) is 4.49. The second kappa shape index (κ2) is 10.1. The first-order valence-corrected chi connectivity index (χ1v) is 11.8. The quantitative estimate of drug-likeness (QED) is 0.766. The smallest absolute Gasteiger partial charge is 0.410 e. The molecule has 0 spiro atoms. The standard InChI is InChI=1S/C24H40N4O3/c1-18-8-13-26(14-9-18)19(2)17-25-22(29)21-7-6-12-28(21)20-10-15-27(16-11-20)23(30)31-24(3,4)5/h6-7,12,18-20H,8-11,13-17H2,1-5H3,(H,25,29). The molecule has 3 heterocycles. The topological polar surface area (TPSA) is 66.8 Å². The van der Waals surface area contributed by atoms with Crippen LogP contribution in [0.5, 0.6) is 0 Å². The van der Waals surface area contributed by atoms with Crippen LogP contribution in [0.3, 0.4) is 0 Å². The molecule has 2 amide bonds. The number of amides is 2. The van der Waals surface area contributed by atoms with Gasteiger partial charge in [0.05, 0.1) is 0 Å². The first-order valence-electron chi connectivity index (χ1n) is 11.8. The molecule has 2 saturated heterocycles. The predicted octanol–water partition coefficient (Wildman–Crippen LogP) is 3.91. The van der Waals surface area contributed by atoms with Crippen LogP contribution in [-0.4, -0.2) is 70.7 Å². The van der Waals surface area contributed by atoms with Crippen LogP contribution in [0.25, 0.3) is 0 Å². The van der Waals surface area contributed by atoms with Crippen molar-refractivity contribution < 1.29 is 14.3 Å². The van der Waals surface area contributed by atoms with Gasteiger partial charge in [0.15, 0.2) is 0 Å². The zero-order valence-electron chi connectivity index (χ0n) is 19.9. The first-order chi connectivity index (χ1) is 14.6. The Hall–Kier alpha value is -2.02. The Balaban J connectivity index is 1.50. The highest BCUT2D eigenvalue weighted by Crippen LogP contribution is 2.26. The number of nitrogens with one attached hydrogen (secondary N) is 1. The van der Waals surface area contributed by atoms with Gasteiger partial charge in [0.1, 0.15) is 11.3 Å². The Morgan fingerprint density at radius 1 is 1.13 bits per heavy atom. The third kappa shape index (κ3) is 6.48. The van der Waals surface area contributed by atoms with Crippen molar-refractivity contribution in [2.75, 3.05) is 32.7 Å². The fraction of sp³-hybridized carbons (Fsp3) is 0.750. The van der Waals surface area contributed by atoms with E-state index < -0.39 is 5.60 Å². The molecule has 0 radical (unpaired) electrons. The number of hydrogen-bond acceptors (Lipinski definition) is 4. The Kier molecular flexibility index (Phi) is 7.68. The molecule has 2 aliphatic heterocycles. The van der Waals surface area contributed by atoms with Gasteiger partial charge in [-0.1, -0.05) is 6.92 Å². The largest absolute Gasteiger partial charge is 0.444 e. The zero-order valence-corrected chi connectivity index (χ0v) is 19.9. The summed E-state index contributed by atoms with van der Waals surface area (Å²) in [4.78, 5) is 29.5. The molecule has 0 aromatic carbocycles. The van der Waals surface area contributed by atoms with Gasteiger partial charge in [0.2, 0.25) is 0 Å². The minimum absolute atomic E-state index is 0.0169. The molecule has 7 nitrogen and oxygen atoms in total. The van der Waals surface area contributed by atoms with Crippen LogP contribution in [-0.2, 0) is 4.74 Å². The summed E-state index contributed by atoms with van der Waals surface area (Å²) in [6.45, 7) is 14.3. The van der Waals surface area contributed by atoms with Crippen LogP contribution in [0.2, 0.25) is 0 Å². The minimum Gasteiger partial charge on any atom is -0.444 e. The van der Waals surface area contributed by atoms with Crippen LogP contribution in [0.1, 0.15) is 76.8 Å². The molecule has 31 heavy (non-hydrogen) atoms. The summed E-state index contributed by atoms with van der Waals surface area (Å²) in [7, 11) is 0. The normalized spacial score (nSPS) is 20.5. The van der Waals surface area contributed by atoms with Crippen molar-refractivity contribution in [2.45, 2.75) is 78.0 Å². The maximum absolute atomic E-state index is 12.9. The summed E-state index contributed by atoms with van der Waals surface area (Å²) in [5.41, 5.74) is 0.221. The number of piperidine rings is 2. The van der Waals surface area contributed by atoms with Crippen molar-refractivity contribution in [3.8, 4) is 0 Å². The van der Waals surface area contributed by atoms with E-state index >= 15 is 0 Å². The Labute approximate surface area is 187 Å². The number of rotatable bonds is 5. The second-order valence-corrected chi connectivity index (χ2v) is 10.3. The number of carbonyl (C=O) groups is 2. The molecule has 174 valence electrons. The van der Waals surface area contributed by atoms with E-state index in [1.54, 1.807) is 4.90 Å². The molecule has 0 aliphatic carbocycles. The molecule has 0 bridgehead atoms. The maximum atomic E-state index is 12.9. The maximum Gasteiger partial charge on any atom is 0.410 e. The number of carbonyl (C=O) groups excluding carboxylic acids is 2. The van der Waals surface area contributed by atoms with E-state index in [-0.39, 0.29) is 18.0 Å². The van der Waals surface area contributed by atoms with E-state index in [4.69, 9.17) is 4.74 Å². The average molecular weight is 433 g/mol. The third-order valence-corrected chi connectivity index (χ3v) is 6.52. The van der Waals surface area contributed by atoms with Crippen LogP contribution >= 0.6 is 0 Å². The summed E-state index contributed by atoms with van der Waals surface area (Å²) in [5.74, 6) is 0.792. The molecular weight excluding hydrogens is 392 g/mol. The van der Waals surface area contributed by atoms with Crippen LogP contribution in [0.4, 0.5) is 4.79 Å². The van der Waals surface area contributed by atoms with Gasteiger partial charge in [0, 0.05) is 37.9 Å². The molecule has 1 N–H and O–H groups in total. The average Bonchev–Trinajstić information content (AvgIpc) is 3.21. The summed E-state index contributed by atoms with van der Waals surface area (Å²) < 4.78 is 7.57. The lowest BCUT2D eigenvalue weighted by molar-refractivity contribution is 0.0187. The highest BCUT2D eigenvalue weighted by molar-refractivity contribution is 5.92. The van der Waals surface area contributed by atoms with Crippen LogP contribution in [0, 0.1) is 5.92 Å². The fourth-order valence-electron chi connectivity index (χ4n) is 4.49. The molecule has 3 rings (SSSR count). The van der Waals surface area contributed by atoms with Gasteiger partial charge in [-0.3, -0.25) is 9.69 Å². The van der Waals surface area contributed by atoms with Crippen molar-refractivity contribution in [3.63, 3.8) is 0 Å². The highest BCUT2D eigenvalue weighted by atomic mass is 16.6. The van der Waals surface area contributed by atoms with E-state index in [0.29, 0.717) is 31.4 Å². The van der Waals surface area contributed by atoms with E-state index in [2.05, 4.69) is 28.6 Å². The Bertz CT molecular complexity index is 738. The van der Waals surface area contributed by atoms with Crippen LogP contribution in [0.15, 0.2) is 18.3 Å². The molecular formula is C24H40N4O3. The summed E-state index contributed by atoms with van der Waals surface area (Å²) in [6, 6.07) is 4.39. The summed E-state index contributed by atoms with van der Waals surface area (Å²) in [5, 5.41) is 3.14. The van der Waals surface area contributed by atoms with Gasteiger partial charge < -0.3 is 19.5 Å². The van der Waals surface area contributed by atoms with Crippen molar-refractivity contribution in [3.05, 3.63) is 24.0 Å². The molecule has 2 aliphatic rings. The van der Waals surface area contributed by atoms with Crippen molar-refractivity contribution in [2.24, 2.45) is 5.92 Å². The predicted molar refractivity (Wildman–Crippen MR) is 122 cm³/mol. The summed E-state index contributed by atoms with van der Waals surface area (Å²) >= 11 is 0. The highest BCUT2D eigenvalue weighted by Gasteiger charge is 2.29. The lowest BCUT2D eigenvalue weighted by atomic mass is 9.98. The molecule has 1 aromatic rings. The zero-order chi connectivity index (χ0) is 22.6. The number of aromatic nitrogens is 1. The van der Waals surface area contributed by atoms with Gasteiger partial charge in [-0.2, -0.15) is 0 Å². The second-order valence-electron chi connectivity index (χ2n) is 10.3. The molecule has 7 heteroatoms. The minimum atomic E-state index is -0.483. The molecule has 0 saturated carbocycles. The van der Waals surface area contributed by atoms with E-state index in [0.717, 1.165) is 31.8 Å². The molecule has 2 fully saturated rings. The van der Waals surface area contributed by atoms with Gasteiger partial charge in [-0.15, -0.1) is 0 Å². The molecule has 1 unspecified atom stereocenters. The van der Waals surface area contributed by atoms with Crippen molar-refractivity contribution >= 4 is 12.0 Å². The van der Waals surface area contributed by atoms with Crippen molar-refractivity contribution in [1.82, 2.24) is 19.7 Å². The van der Waals surface area contributed by atoms with Crippen LogP contribution < -0.4 is 5.32 Å². The monoisotopic (exact) mass is 432 g/mol. The van der Waals surface area contributed by atoms with Crippen molar-refractivity contribution in [1.29, 1.82) is 0 Å². The molecule has 1 aromatic heterocycles. The Morgan fingerprint density at radius 3 is 2.39 bits per heavy atom. The molecule has 1 atom stereocenters. The van der Waals surface area contributed by atoms with E-state index in [9.17, 15) is 9.59 Å². The van der Waals surface area contributed by atoms with E-state index in [1.807, 2.05) is 39.1 Å². The SMILES string of the molecule is CC1CCN(C(C)CNC(=O)c2cccn2C2CCN(C(=O)OC(C)(C)C)CC2)CC1. The summed E-state index contributed by atoms with van der Waals surface area (Å²) in [6.07, 6.45) is 5.84. The third-order valence-electron chi connectivity index (χ3n) is 6.52. The first kappa shape index (κ1) is 23.6. The van der Waals surface area contributed by atoms with Gasteiger partial charge in [0.25, 0.3) is 5.91 Å². The number of likely N-dealkylation sites (tertiary alicyclic amines) is 2. The Morgan fingerprint density at radius 2 is 1.77 bits per heavy atom. The lowest BCUT2D eigenvalue weighted by Gasteiger charge is -2.35.